The van der Waals surface area contributed by atoms with Crippen LogP contribution >= 0.6 is 11.6 Å². The standard InChI is InChI=1S/C17H14ClF2N5O3/c1-9-5-14(23-28-9)22-15(26)8-24(2)13-7-21-25(17(27)16(13)18)12-4-3-10(19)6-11(12)20/h3-7H,8H2,1-2H3,(H,22,23,26). The van der Waals surface area contributed by atoms with Gasteiger partial charge in [0.25, 0.3) is 5.56 Å². The fraction of sp³-hybridized carbons (Fsp3) is 0.176. The van der Waals surface area contributed by atoms with Gasteiger partial charge in [0.05, 0.1) is 18.4 Å². The predicted molar refractivity (Wildman–Crippen MR) is 97.9 cm³/mol. The number of likely N-dealkylation sites (N-methyl/N-ethyl adjacent to an activating group) is 1. The minimum absolute atomic E-state index is 0.164. The van der Waals surface area contributed by atoms with E-state index >= 15 is 0 Å². The molecule has 11 heteroatoms. The summed E-state index contributed by atoms with van der Waals surface area (Å²) in [5, 5.41) is 9.78. The molecule has 28 heavy (non-hydrogen) atoms. The molecule has 2 heterocycles. The first-order valence-corrected chi connectivity index (χ1v) is 8.31. The van der Waals surface area contributed by atoms with Gasteiger partial charge < -0.3 is 14.7 Å². The number of aryl methyl sites for hydroxylation is 1. The Morgan fingerprint density at radius 1 is 1.36 bits per heavy atom. The third-order valence-corrected chi connectivity index (χ3v) is 4.08. The Labute approximate surface area is 162 Å². The van der Waals surface area contributed by atoms with Crippen LogP contribution in [0.1, 0.15) is 5.76 Å². The minimum atomic E-state index is -0.964. The number of amides is 1. The van der Waals surface area contributed by atoms with Gasteiger partial charge in [-0.1, -0.05) is 16.8 Å². The number of carbonyl (C=O) groups is 1. The topological polar surface area (TPSA) is 93.3 Å². The Bertz CT molecular complexity index is 1100. The van der Waals surface area contributed by atoms with E-state index in [4.69, 9.17) is 16.1 Å². The fourth-order valence-electron chi connectivity index (χ4n) is 2.42. The van der Waals surface area contributed by atoms with Crippen molar-refractivity contribution < 1.29 is 18.1 Å². The van der Waals surface area contributed by atoms with E-state index < -0.39 is 23.1 Å². The molecule has 0 bridgehead atoms. The van der Waals surface area contributed by atoms with Gasteiger partial charge in [0.15, 0.2) is 11.6 Å². The third-order valence-electron chi connectivity index (χ3n) is 3.73. The normalized spacial score (nSPS) is 10.8. The van der Waals surface area contributed by atoms with Gasteiger partial charge in [-0.25, -0.2) is 8.78 Å². The SMILES string of the molecule is Cc1cc(NC(=O)CN(C)c2cnn(-c3ccc(F)cc3F)c(=O)c2Cl)no1. The Balaban J connectivity index is 1.81. The van der Waals surface area contributed by atoms with E-state index in [0.29, 0.717) is 16.5 Å². The van der Waals surface area contributed by atoms with Crippen LogP contribution in [0.4, 0.5) is 20.3 Å². The van der Waals surface area contributed by atoms with Crippen LogP contribution in [0.25, 0.3) is 5.69 Å². The Morgan fingerprint density at radius 3 is 2.75 bits per heavy atom. The summed E-state index contributed by atoms with van der Waals surface area (Å²) in [6.07, 6.45) is 1.21. The average Bonchev–Trinajstić information content (AvgIpc) is 3.02. The molecule has 1 aromatic carbocycles. The summed E-state index contributed by atoms with van der Waals surface area (Å²) in [4.78, 5) is 26.0. The molecule has 0 spiro atoms. The molecule has 0 unspecified atom stereocenters. The molecule has 0 saturated heterocycles. The highest BCUT2D eigenvalue weighted by Gasteiger charge is 2.18. The van der Waals surface area contributed by atoms with E-state index in [9.17, 15) is 18.4 Å². The average molecular weight is 410 g/mol. The number of hydrogen-bond donors (Lipinski definition) is 1. The van der Waals surface area contributed by atoms with Crippen LogP contribution in [0.3, 0.4) is 0 Å². The molecule has 2 aromatic heterocycles. The largest absolute Gasteiger partial charge is 0.363 e. The van der Waals surface area contributed by atoms with Crippen LogP contribution < -0.4 is 15.8 Å². The Morgan fingerprint density at radius 2 is 2.11 bits per heavy atom. The van der Waals surface area contributed by atoms with E-state index in [1.807, 2.05) is 0 Å². The van der Waals surface area contributed by atoms with E-state index in [1.165, 1.54) is 18.1 Å². The van der Waals surface area contributed by atoms with Crippen molar-refractivity contribution in [1.29, 1.82) is 0 Å². The molecule has 3 rings (SSSR count). The van der Waals surface area contributed by atoms with Crippen LogP contribution in [0.5, 0.6) is 0 Å². The zero-order chi connectivity index (χ0) is 20.4. The second kappa shape index (κ2) is 7.77. The van der Waals surface area contributed by atoms with Crippen molar-refractivity contribution in [3.8, 4) is 5.69 Å². The van der Waals surface area contributed by atoms with Gasteiger partial charge in [-0.15, -0.1) is 0 Å². The molecule has 8 nitrogen and oxygen atoms in total. The van der Waals surface area contributed by atoms with E-state index in [2.05, 4.69) is 15.6 Å². The van der Waals surface area contributed by atoms with Crippen LogP contribution in [0.15, 0.2) is 39.8 Å². The summed E-state index contributed by atoms with van der Waals surface area (Å²) < 4.78 is 32.6. The molecule has 0 fully saturated rings. The number of rotatable bonds is 5. The molecule has 0 aliphatic rings. The second-order valence-corrected chi connectivity index (χ2v) is 6.26. The summed E-state index contributed by atoms with van der Waals surface area (Å²) in [5.74, 6) is -1.39. The smallest absolute Gasteiger partial charge is 0.292 e. The molecule has 1 N–H and O–H groups in total. The maximum atomic E-state index is 13.9. The molecule has 0 radical (unpaired) electrons. The Kier molecular flexibility index (Phi) is 5.41. The predicted octanol–water partition coefficient (Wildman–Crippen LogP) is 2.54. The van der Waals surface area contributed by atoms with Crippen molar-refractivity contribution in [2.75, 3.05) is 23.8 Å². The van der Waals surface area contributed by atoms with Gasteiger partial charge in [0.2, 0.25) is 5.91 Å². The zero-order valence-electron chi connectivity index (χ0n) is 14.7. The van der Waals surface area contributed by atoms with Crippen LogP contribution in [-0.2, 0) is 4.79 Å². The summed E-state index contributed by atoms with van der Waals surface area (Å²) in [5.41, 5.74) is -0.900. The van der Waals surface area contributed by atoms with Crippen molar-refractivity contribution in [2.45, 2.75) is 6.92 Å². The van der Waals surface area contributed by atoms with Crippen molar-refractivity contribution in [2.24, 2.45) is 0 Å². The van der Waals surface area contributed by atoms with Crippen molar-refractivity contribution in [1.82, 2.24) is 14.9 Å². The van der Waals surface area contributed by atoms with Crippen molar-refractivity contribution in [3.05, 3.63) is 63.2 Å². The van der Waals surface area contributed by atoms with Crippen LogP contribution in [-0.4, -0.2) is 34.4 Å². The molecular weight excluding hydrogens is 396 g/mol. The quantitative estimate of drug-likeness (QED) is 0.696. The number of nitrogens with one attached hydrogen (secondary N) is 1. The molecule has 0 saturated carbocycles. The van der Waals surface area contributed by atoms with E-state index in [1.54, 1.807) is 13.0 Å². The number of carbonyl (C=O) groups excluding carboxylic acids is 1. The fourth-order valence-corrected chi connectivity index (χ4v) is 2.70. The lowest BCUT2D eigenvalue weighted by Gasteiger charge is -2.19. The molecule has 0 aliphatic heterocycles. The third kappa shape index (κ3) is 4.01. The molecule has 146 valence electrons. The highest BCUT2D eigenvalue weighted by atomic mass is 35.5. The van der Waals surface area contributed by atoms with Gasteiger partial charge >= 0.3 is 0 Å². The van der Waals surface area contributed by atoms with Gasteiger partial charge in [0, 0.05) is 19.2 Å². The molecule has 0 atom stereocenters. The first-order valence-electron chi connectivity index (χ1n) is 7.94. The summed E-state index contributed by atoms with van der Waals surface area (Å²) in [7, 11) is 1.53. The van der Waals surface area contributed by atoms with Crippen LogP contribution in [0.2, 0.25) is 5.02 Å². The molecular formula is C17H14ClF2N5O3. The van der Waals surface area contributed by atoms with Gasteiger partial charge in [-0.3, -0.25) is 9.59 Å². The number of nitrogens with zero attached hydrogens (tertiary/aromatic N) is 4. The van der Waals surface area contributed by atoms with Gasteiger partial charge in [0.1, 0.15) is 22.3 Å². The second-order valence-electron chi connectivity index (χ2n) is 5.88. The number of hydrogen-bond acceptors (Lipinski definition) is 6. The lowest BCUT2D eigenvalue weighted by Crippen LogP contribution is -2.32. The highest BCUT2D eigenvalue weighted by molar-refractivity contribution is 6.33. The maximum absolute atomic E-state index is 13.9. The van der Waals surface area contributed by atoms with Crippen molar-refractivity contribution >= 4 is 29.0 Å². The number of benzene rings is 1. The number of anilines is 2. The molecule has 1 amide bonds. The molecule has 3 aromatic rings. The number of aromatic nitrogens is 3. The first kappa shape index (κ1) is 19.5. The first-order chi connectivity index (χ1) is 13.3. The highest BCUT2D eigenvalue weighted by Crippen LogP contribution is 2.21. The Hall–Kier alpha value is -3.27. The van der Waals surface area contributed by atoms with Crippen molar-refractivity contribution in [3.63, 3.8) is 0 Å². The summed E-state index contributed by atoms with van der Waals surface area (Å²) in [6, 6.07) is 4.25. The summed E-state index contributed by atoms with van der Waals surface area (Å²) in [6.45, 7) is 1.51. The maximum Gasteiger partial charge on any atom is 0.292 e. The number of halogens is 3. The monoisotopic (exact) mass is 409 g/mol. The zero-order valence-corrected chi connectivity index (χ0v) is 15.5. The molecule has 0 aliphatic carbocycles. The van der Waals surface area contributed by atoms with Crippen LogP contribution in [0, 0.1) is 18.6 Å². The van der Waals surface area contributed by atoms with E-state index in [0.717, 1.165) is 12.1 Å². The van der Waals surface area contributed by atoms with Gasteiger partial charge in [-0.05, 0) is 19.1 Å². The lowest BCUT2D eigenvalue weighted by molar-refractivity contribution is -0.115. The van der Waals surface area contributed by atoms with Gasteiger partial charge in [-0.2, -0.15) is 9.78 Å². The minimum Gasteiger partial charge on any atom is -0.363 e. The lowest BCUT2D eigenvalue weighted by atomic mass is 10.3. The van der Waals surface area contributed by atoms with E-state index in [-0.39, 0.29) is 28.8 Å². The summed E-state index contributed by atoms with van der Waals surface area (Å²) >= 11 is 6.10.